The monoisotopic (exact) mass is 280 g/mol. The number of halogens is 1. The van der Waals surface area contributed by atoms with Crippen molar-refractivity contribution in [3.8, 4) is 0 Å². The van der Waals surface area contributed by atoms with Crippen LogP contribution in [-0.4, -0.2) is 10.8 Å². The minimum Gasteiger partial charge on any atom is -0.379 e. The number of benzene rings is 1. The van der Waals surface area contributed by atoms with Gasteiger partial charge < -0.3 is 5.32 Å². The van der Waals surface area contributed by atoms with Crippen molar-refractivity contribution < 1.29 is 4.79 Å². The second-order valence-corrected chi connectivity index (χ2v) is 5.45. The van der Waals surface area contributed by atoms with E-state index in [1.165, 1.54) is 11.3 Å². The van der Waals surface area contributed by atoms with Gasteiger partial charge >= 0.3 is 0 Å². The third-order valence-corrected chi connectivity index (χ3v) is 3.64. The van der Waals surface area contributed by atoms with Crippen LogP contribution in [0.2, 0.25) is 4.47 Å². The van der Waals surface area contributed by atoms with E-state index >= 15 is 0 Å². The lowest BCUT2D eigenvalue weighted by molar-refractivity contribution is 0.0989. The number of thiazole rings is 1. The lowest BCUT2D eigenvalue weighted by atomic mass is 10.1. The molecule has 0 atom stereocenters. The first-order valence-electron chi connectivity index (χ1n) is 5.67. The molecule has 94 valence electrons. The van der Waals surface area contributed by atoms with Crippen molar-refractivity contribution in [3.05, 3.63) is 45.4 Å². The van der Waals surface area contributed by atoms with Crippen LogP contribution in [-0.2, 0) is 6.54 Å². The summed E-state index contributed by atoms with van der Waals surface area (Å²) in [6.07, 6.45) is 2.25. The number of anilines is 1. The van der Waals surface area contributed by atoms with E-state index in [1.807, 2.05) is 31.2 Å². The molecule has 0 saturated heterocycles. The minimum atomic E-state index is 0.139. The Hall–Kier alpha value is -1.39. The molecule has 0 aliphatic rings. The molecule has 0 spiro atoms. The third-order valence-electron chi connectivity index (χ3n) is 2.53. The van der Waals surface area contributed by atoms with Gasteiger partial charge in [-0.3, -0.25) is 4.79 Å². The molecule has 0 aliphatic carbocycles. The maximum Gasteiger partial charge on any atom is 0.183 e. The lowest BCUT2D eigenvalue weighted by Gasteiger charge is -2.09. The van der Waals surface area contributed by atoms with Gasteiger partial charge in [0.25, 0.3) is 0 Å². The summed E-state index contributed by atoms with van der Waals surface area (Å²) in [6, 6.07) is 7.53. The number of nitrogens with one attached hydrogen (secondary N) is 1. The van der Waals surface area contributed by atoms with E-state index in [1.54, 1.807) is 6.20 Å². The Labute approximate surface area is 115 Å². The first-order chi connectivity index (χ1) is 8.70. The van der Waals surface area contributed by atoms with E-state index in [0.29, 0.717) is 17.4 Å². The molecule has 0 unspecified atom stereocenters. The number of carbonyl (C=O) groups is 1. The molecule has 0 saturated carbocycles. The van der Waals surface area contributed by atoms with Gasteiger partial charge in [-0.1, -0.05) is 30.7 Å². The van der Waals surface area contributed by atoms with Crippen LogP contribution >= 0.6 is 22.9 Å². The van der Waals surface area contributed by atoms with E-state index in [4.69, 9.17) is 11.6 Å². The smallest absolute Gasteiger partial charge is 0.183 e. The Morgan fingerprint density at radius 3 is 2.89 bits per heavy atom. The molecule has 0 aliphatic heterocycles. The van der Waals surface area contributed by atoms with Gasteiger partial charge in [0.1, 0.15) is 0 Å². The summed E-state index contributed by atoms with van der Waals surface area (Å²) < 4.78 is 0.532. The Morgan fingerprint density at radius 2 is 2.22 bits per heavy atom. The summed E-state index contributed by atoms with van der Waals surface area (Å²) in [6.45, 7) is 2.49. The fourth-order valence-electron chi connectivity index (χ4n) is 1.62. The topological polar surface area (TPSA) is 42.0 Å². The maximum atomic E-state index is 11.8. The van der Waals surface area contributed by atoms with Gasteiger partial charge in [0.2, 0.25) is 0 Å². The number of hydrogen-bond acceptors (Lipinski definition) is 4. The van der Waals surface area contributed by atoms with Crippen molar-refractivity contribution in [3.63, 3.8) is 0 Å². The van der Waals surface area contributed by atoms with E-state index in [0.717, 1.165) is 16.1 Å². The fraction of sp³-hybridized carbons (Fsp3) is 0.231. The highest BCUT2D eigenvalue weighted by molar-refractivity contribution is 7.15. The second kappa shape index (κ2) is 5.98. The number of para-hydroxylation sites is 1. The quantitative estimate of drug-likeness (QED) is 0.842. The van der Waals surface area contributed by atoms with Gasteiger partial charge in [0.05, 0.1) is 6.54 Å². The number of Topliss-reactive ketones (excluding diaryl/α,β-unsaturated/α-hetero) is 1. The molecular weight excluding hydrogens is 268 g/mol. The van der Waals surface area contributed by atoms with Gasteiger partial charge in [0.15, 0.2) is 10.3 Å². The van der Waals surface area contributed by atoms with Crippen molar-refractivity contribution in [2.45, 2.75) is 19.9 Å². The maximum absolute atomic E-state index is 11.8. The van der Waals surface area contributed by atoms with Crippen LogP contribution in [0.1, 0.15) is 28.6 Å². The van der Waals surface area contributed by atoms with Crippen LogP contribution in [0.15, 0.2) is 30.5 Å². The third kappa shape index (κ3) is 3.09. The molecule has 1 N–H and O–H groups in total. The molecule has 2 rings (SSSR count). The van der Waals surface area contributed by atoms with Gasteiger partial charge in [-0.05, 0) is 12.1 Å². The normalized spacial score (nSPS) is 10.3. The summed E-state index contributed by atoms with van der Waals surface area (Å²) >= 11 is 7.21. The molecule has 0 fully saturated rings. The highest BCUT2D eigenvalue weighted by Crippen LogP contribution is 2.21. The lowest BCUT2D eigenvalue weighted by Crippen LogP contribution is -2.05. The van der Waals surface area contributed by atoms with Crippen LogP contribution in [0.3, 0.4) is 0 Å². The van der Waals surface area contributed by atoms with Crippen LogP contribution < -0.4 is 5.32 Å². The molecule has 2 aromatic rings. The molecule has 3 nitrogen and oxygen atoms in total. The summed E-state index contributed by atoms with van der Waals surface area (Å²) in [5, 5.41) is 3.25. The minimum absolute atomic E-state index is 0.139. The number of aromatic nitrogens is 1. The molecular formula is C13H13ClN2OS. The largest absolute Gasteiger partial charge is 0.379 e. The number of rotatable bonds is 5. The fourth-order valence-corrected chi connectivity index (χ4v) is 2.54. The van der Waals surface area contributed by atoms with Crippen LogP contribution in [0, 0.1) is 0 Å². The standard InChI is InChI=1S/C13H13ClN2OS/c1-2-12(17)10-5-3-4-6-11(10)15-7-9-8-16-13(14)18-9/h3-6,8,15H,2,7H2,1H3. The van der Waals surface area contributed by atoms with Crippen molar-refractivity contribution in [1.29, 1.82) is 0 Å². The predicted molar refractivity (Wildman–Crippen MR) is 75.5 cm³/mol. The van der Waals surface area contributed by atoms with Crippen LogP contribution in [0.25, 0.3) is 0 Å². The average molecular weight is 281 g/mol. The first-order valence-corrected chi connectivity index (χ1v) is 6.86. The summed E-state index contributed by atoms with van der Waals surface area (Å²) in [7, 11) is 0. The Morgan fingerprint density at radius 1 is 1.44 bits per heavy atom. The predicted octanol–water partition coefficient (Wildman–Crippen LogP) is 4.00. The molecule has 5 heteroatoms. The summed E-state index contributed by atoms with van der Waals surface area (Å²) in [5.41, 5.74) is 1.59. The Kier molecular flexibility index (Phi) is 4.33. The molecule has 1 heterocycles. The molecule has 1 aromatic heterocycles. The Bertz CT molecular complexity index is 553. The van der Waals surface area contributed by atoms with E-state index < -0.39 is 0 Å². The highest BCUT2D eigenvalue weighted by atomic mass is 35.5. The van der Waals surface area contributed by atoms with Gasteiger partial charge in [-0.15, -0.1) is 11.3 Å². The first kappa shape index (κ1) is 13.1. The molecule has 1 aromatic carbocycles. The van der Waals surface area contributed by atoms with Crippen LogP contribution in [0.4, 0.5) is 5.69 Å². The molecule has 0 radical (unpaired) electrons. The number of nitrogens with zero attached hydrogens (tertiary/aromatic N) is 1. The van der Waals surface area contributed by atoms with E-state index in [2.05, 4.69) is 10.3 Å². The van der Waals surface area contributed by atoms with Crippen molar-refractivity contribution in [2.75, 3.05) is 5.32 Å². The second-order valence-electron chi connectivity index (χ2n) is 3.76. The number of carbonyl (C=O) groups excluding carboxylic acids is 1. The van der Waals surface area contributed by atoms with Crippen LogP contribution in [0.5, 0.6) is 0 Å². The molecule has 0 bridgehead atoms. The van der Waals surface area contributed by atoms with Gasteiger partial charge in [-0.2, -0.15) is 0 Å². The molecule has 18 heavy (non-hydrogen) atoms. The van der Waals surface area contributed by atoms with E-state index in [9.17, 15) is 4.79 Å². The summed E-state index contributed by atoms with van der Waals surface area (Å²) in [4.78, 5) is 16.8. The van der Waals surface area contributed by atoms with Gasteiger partial charge in [-0.25, -0.2) is 4.98 Å². The zero-order valence-corrected chi connectivity index (χ0v) is 11.5. The highest BCUT2D eigenvalue weighted by Gasteiger charge is 2.08. The number of hydrogen-bond donors (Lipinski definition) is 1. The molecule has 0 amide bonds. The number of ketones is 1. The zero-order chi connectivity index (χ0) is 13.0. The zero-order valence-electron chi connectivity index (χ0n) is 9.94. The van der Waals surface area contributed by atoms with Gasteiger partial charge in [0, 0.05) is 28.7 Å². The average Bonchev–Trinajstić information content (AvgIpc) is 2.81. The van der Waals surface area contributed by atoms with Crippen molar-refractivity contribution in [1.82, 2.24) is 4.98 Å². The van der Waals surface area contributed by atoms with Crippen molar-refractivity contribution >= 4 is 34.4 Å². The SMILES string of the molecule is CCC(=O)c1ccccc1NCc1cnc(Cl)s1. The Balaban J connectivity index is 2.11. The summed E-state index contributed by atoms with van der Waals surface area (Å²) in [5.74, 6) is 0.139. The van der Waals surface area contributed by atoms with E-state index in [-0.39, 0.29) is 5.78 Å². The van der Waals surface area contributed by atoms with Crippen molar-refractivity contribution in [2.24, 2.45) is 0 Å².